The molecule has 1 aromatic rings. The molecule has 1 aliphatic carbocycles. The zero-order valence-electron chi connectivity index (χ0n) is 12.4. The fourth-order valence-electron chi connectivity index (χ4n) is 2.40. The van der Waals surface area contributed by atoms with Crippen molar-refractivity contribution in [1.29, 1.82) is 0 Å². The first kappa shape index (κ1) is 15.3. The number of nitrogens with one attached hydrogen (secondary N) is 3. The van der Waals surface area contributed by atoms with Crippen LogP contribution in [0.3, 0.4) is 0 Å². The highest BCUT2D eigenvalue weighted by atomic mass is 16.5. The van der Waals surface area contributed by atoms with Gasteiger partial charge in [0.2, 0.25) is 5.91 Å². The predicted molar refractivity (Wildman–Crippen MR) is 77.9 cm³/mol. The first-order valence-corrected chi connectivity index (χ1v) is 7.36. The molecule has 1 aliphatic rings. The topological polar surface area (TPSA) is 96.3 Å². The Bertz CT molecular complexity index is 494. The molecular formula is C14H22N4O3. The number of hydrogen-bond donors (Lipinski definition) is 3. The van der Waals surface area contributed by atoms with Gasteiger partial charge in [0.05, 0.1) is 0 Å². The smallest absolute Gasteiger partial charge is 0.315 e. The van der Waals surface area contributed by atoms with Gasteiger partial charge in [-0.2, -0.15) is 0 Å². The van der Waals surface area contributed by atoms with E-state index < -0.39 is 6.04 Å². The minimum atomic E-state index is -0.648. The van der Waals surface area contributed by atoms with Gasteiger partial charge >= 0.3 is 6.03 Å². The second kappa shape index (κ2) is 7.10. The fourth-order valence-corrected chi connectivity index (χ4v) is 2.40. The van der Waals surface area contributed by atoms with Crippen molar-refractivity contribution in [2.45, 2.75) is 58.0 Å². The average Bonchev–Trinajstić information content (AvgIpc) is 2.85. The number of anilines is 1. The van der Waals surface area contributed by atoms with Crippen molar-refractivity contribution in [1.82, 2.24) is 15.8 Å². The van der Waals surface area contributed by atoms with Gasteiger partial charge < -0.3 is 20.5 Å². The van der Waals surface area contributed by atoms with Gasteiger partial charge in [-0.1, -0.05) is 24.4 Å². The van der Waals surface area contributed by atoms with Gasteiger partial charge in [-0.05, 0) is 26.7 Å². The summed E-state index contributed by atoms with van der Waals surface area (Å²) in [6.45, 7) is 3.37. The van der Waals surface area contributed by atoms with Gasteiger partial charge in [0, 0.05) is 12.1 Å². The van der Waals surface area contributed by atoms with Crippen LogP contribution in [0.4, 0.5) is 10.6 Å². The molecule has 1 aromatic heterocycles. The lowest BCUT2D eigenvalue weighted by atomic mass is 9.96. The molecule has 0 aromatic carbocycles. The summed E-state index contributed by atoms with van der Waals surface area (Å²) in [4.78, 5) is 23.8. The average molecular weight is 294 g/mol. The van der Waals surface area contributed by atoms with Crippen LogP contribution in [0.25, 0.3) is 0 Å². The summed E-state index contributed by atoms with van der Waals surface area (Å²) in [5.74, 6) is 0.627. The van der Waals surface area contributed by atoms with Crippen LogP contribution in [0.5, 0.6) is 0 Å². The van der Waals surface area contributed by atoms with E-state index in [0.29, 0.717) is 11.6 Å². The molecule has 0 unspecified atom stereocenters. The maximum atomic E-state index is 11.9. The molecule has 21 heavy (non-hydrogen) atoms. The SMILES string of the molecule is Cc1cc(NC(=O)[C@H](C)NC(=O)NC2CCCCC2)no1. The number of rotatable bonds is 4. The molecule has 3 N–H and O–H groups in total. The maximum absolute atomic E-state index is 11.9. The summed E-state index contributed by atoms with van der Waals surface area (Å²) in [7, 11) is 0. The van der Waals surface area contributed by atoms with Crippen LogP contribution in [0.2, 0.25) is 0 Å². The highest BCUT2D eigenvalue weighted by molar-refractivity contribution is 5.96. The molecule has 0 radical (unpaired) electrons. The van der Waals surface area contributed by atoms with Crippen LogP contribution in [0.1, 0.15) is 44.8 Å². The van der Waals surface area contributed by atoms with E-state index in [-0.39, 0.29) is 18.0 Å². The quantitative estimate of drug-likeness (QED) is 0.790. The second-order valence-electron chi connectivity index (χ2n) is 5.49. The number of aromatic nitrogens is 1. The number of carbonyl (C=O) groups excluding carboxylic acids is 2. The van der Waals surface area contributed by atoms with Gasteiger partial charge in [-0.25, -0.2) is 4.79 Å². The van der Waals surface area contributed by atoms with Gasteiger partial charge in [0.15, 0.2) is 5.82 Å². The van der Waals surface area contributed by atoms with Gasteiger partial charge in [0.1, 0.15) is 11.8 Å². The lowest BCUT2D eigenvalue weighted by Gasteiger charge is -2.23. The molecule has 1 atom stereocenters. The van der Waals surface area contributed by atoms with E-state index in [0.717, 1.165) is 25.7 Å². The van der Waals surface area contributed by atoms with Crippen LogP contribution in [0, 0.1) is 6.92 Å². The van der Waals surface area contributed by atoms with E-state index >= 15 is 0 Å². The van der Waals surface area contributed by atoms with Crippen LogP contribution in [0.15, 0.2) is 10.6 Å². The Morgan fingerprint density at radius 3 is 2.67 bits per heavy atom. The third-order valence-electron chi connectivity index (χ3n) is 3.56. The largest absolute Gasteiger partial charge is 0.360 e. The molecule has 0 saturated heterocycles. The van der Waals surface area contributed by atoms with E-state index in [1.165, 1.54) is 6.42 Å². The lowest BCUT2D eigenvalue weighted by Crippen LogP contribution is -2.49. The molecule has 116 valence electrons. The Hall–Kier alpha value is -2.05. The van der Waals surface area contributed by atoms with Gasteiger partial charge in [0.25, 0.3) is 0 Å². The minimum Gasteiger partial charge on any atom is -0.360 e. The van der Waals surface area contributed by atoms with Gasteiger partial charge in [-0.15, -0.1) is 0 Å². The number of carbonyl (C=O) groups is 2. The van der Waals surface area contributed by atoms with Crippen LogP contribution < -0.4 is 16.0 Å². The Morgan fingerprint density at radius 2 is 2.05 bits per heavy atom. The van der Waals surface area contributed by atoms with Crippen molar-refractivity contribution < 1.29 is 14.1 Å². The molecule has 1 saturated carbocycles. The summed E-state index contributed by atoms with van der Waals surface area (Å²) >= 11 is 0. The molecule has 0 spiro atoms. The molecule has 7 heteroatoms. The van der Waals surface area contributed by atoms with Crippen molar-refractivity contribution >= 4 is 17.8 Å². The lowest BCUT2D eigenvalue weighted by molar-refractivity contribution is -0.117. The molecule has 0 bridgehead atoms. The molecule has 0 aliphatic heterocycles. The van der Waals surface area contributed by atoms with E-state index in [1.807, 2.05) is 0 Å². The molecule has 1 heterocycles. The van der Waals surface area contributed by atoms with Crippen LogP contribution in [-0.2, 0) is 4.79 Å². The third-order valence-corrected chi connectivity index (χ3v) is 3.56. The highest BCUT2D eigenvalue weighted by Crippen LogP contribution is 2.17. The second-order valence-corrected chi connectivity index (χ2v) is 5.49. The standard InChI is InChI=1S/C14H22N4O3/c1-9-8-12(18-21-9)17-13(19)10(2)15-14(20)16-11-6-4-3-5-7-11/h8,10-11H,3-7H2,1-2H3,(H2,15,16,20)(H,17,18,19)/t10-/m0/s1. The molecular weight excluding hydrogens is 272 g/mol. The number of hydrogen-bond acceptors (Lipinski definition) is 4. The maximum Gasteiger partial charge on any atom is 0.315 e. The summed E-state index contributed by atoms with van der Waals surface area (Å²) in [5, 5.41) is 11.8. The summed E-state index contributed by atoms with van der Waals surface area (Å²) in [5.41, 5.74) is 0. The summed E-state index contributed by atoms with van der Waals surface area (Å²) < 4.78 is 4.86. The highest BCUT2D eigenvalue weighted by Gasteiger charge is 2.20. The van der Waals surface area contributed by atoms with Crippen molar-refractivity contribution in [3.05, 3.63) is 11.8 Å². The number of aryl methyl sites for hydroxylation is 1. The molecule has 7 nitrogen and oxygen atoms in total. The number of amides is 3. The number of nitrogens with zero attached hydrogens (tertiary/aromatic N) is 1. The summed E-state index contributed by atoms with van der Waals surface area (Å²) in [6.07, 6.45) is 5.53. The van der Waals surface area contributed by atoms with Crippen molar-refractivity contribution in [3.63, 3.8) is 0 Å². The van der Waals surface area contributed by atoms with E-state index in [4.69, 9.17) is 4.52 Å². The van der Waals surface area contributed by atoms with Crippen LogP contribution in [-0.4, -0.2) is 29.2 Å². The Labute approximate surface area is 123 Å². The Balaban J connectivity index is 1.75. The third kappa shape index (κ3) is 4.77. The van der Waals surface area contributed by atoms with E-state index in [1.54, 1.807) is 19.9 Å². The van der Waals surface area contributed by atoms with Crippen molar-refractivity contribution in [2.75, 3.05) is 5.32 Å². The van der Waals surface area contributed by atoms with Crippen LogP contribution >= 0.6 is 0 Å². The first-order valence-electron chi connectivity index (χ1n) is 7.36. The minimum absolute atomic E-state index is 0.215. The van der Waals surface area contributed by atoms with Gasteiger partial charge in [-0.3, -0.25) is 4.79 Å². The first-order chi connectivity index (χ1) is 10.0. The van der Waals surface area contributed by atoms with Crippen molar-refractivity contribution in [3.8, 4) is 0 Å². The number of urea groups is 1. The zero-order valence-corrected chi connectivity index (χ0v) is 12.4. The predicted octanol–water partition coefficient (Wildman–Crippen LogP) is 1.94. The fraction of sp³-hybridized carbons (Fsp3) is 0.643. The summed E-state index contributed by atoms with van der Waals surface area (Å²) in [6, 6.07) is 0.880. The molecule has 2 rings (SSSR count). The van der Waals surface area contributed by atoms with E-state index in [2.05, 4.69) is 21.1 Å². The van der Waals surface area contributed by atoms with E-state index in [9.17, 15) is 9.59 Å². The zero-order chi connectivity index (χ0) is 15.2. The normalized spacial score (nSPS) is 17.0. The Kier molecular flexibility index (Phi) is 5.19. The van der Waals surface area contributed by atoms with Crippen molar-refractivity contribution in [2.24, 2.45) is 0 Å². The Morgan fingerprint density at radius 1 is 1.33 bits per heavy atom. The molecule has 1 fully saturated rings. The monoisotopic (exact) mass is 294 g/mol. The molecule has 3 amide bonds.